The lowest BCUT2D eigenvalue weighted by Gasteiger charge is -2.29. The van der Waals surface area contributed by atoms with Crippen LogP contribution in [0.3, 0.4) is 0 Å². The molecule has 0 aromatic carbocycles. The number of amides is 1. The first-order valence-electron chi connectivity index (χ1n) is 7.53. The standard InChI is InChI=1S/C15H21N3O/c19-15(14-2-1-7-18(14)13-5-6-13)17-12-8-10-3-4-11(9-12)16-10/h1-2,7,10-13,16H,3-6,8-9H2,(H,17,19). The van der Waals surface area contributed by atoms with E-state index in [0.29, 0.717) is 24.2 Å². The molecule has 4 nitrogen and oxygen atoms in total. The fourth-order valence-electron chi connectivity index (χ4n) is 3.69. The second-order valence-corrected chi connectivity index (χ2v) is 6.31. The Bertz CT molecular complexity index is 479. The second kappa shape index (κ2) is 4.37. The summed E-state index contributed by atoms with van der Waals surface area (Å²) in [7, 11) is 0. The van der Waals surface area contributed by atoms with Crippen LogP contribution in [0.1, 0.15) is 55.1 Å². The van der Waals surface area contributed by atoms with Gasteiger partial charge in [0.25, 0.3) is 5.91 Å². The molecule has 2 aliphatic heterocycles. The number of piperidine rings is 1. The molecule has 1 aromatic rings. The highest BCUT2D eigenvalue weighted by molar-refractivity contribution is 5.93. The first kappa shape index (κ1) is 11.5. The molecule has 1 aromatic heterocycles. The minimum absolute atomic E-state index is 0.114. The largest absolute Gasteiger partial charge is 0.348 e. The number of nitrogens with zero attached hydrogens (tertiary/aromatic N) is 1. The van der Waals surface area contributed by atoms with Crippen molar-refractivity contribution in [2.75, 3.05) is 0 Å². The molecular weight excluding hydrogens is 238 g/mol. The average Bonchev–Trinajstić information content (AvgIpc) is 3.02. The third kappa shape index (κ3) is 2.18. The molecule has 2 saturated heterocycles. The maximum Gasteiger partial charge on any atom is 0.268 e. The Hall–Kier alpha value is -1.29. The highest BCUT2D eigenvalue weighted by Gasteiger charge is 2.34. The van der Waals surface area contributed by atoms with Crippen molar-refractivity contribution in [2.24, 2.45) is 0 Å². The van der Waals surface area contributed by atoms with Crippen LogP contribution in [-0.4, -0.2) is 28.6 Å². The van der Waals surface area contributed by atoms with Gasteiger partial charge in [-0.15, -0.1) is 0 Å². The van der Waals surface area contributed by atoms with E-state index in [0.717, 1.165) is 18.5 Å². The van der Waals surface area contributed by atoms with Crippen molar-refractivity contribution in [3.8, 4) is 0 Å². The number of nitrogens with one attached hydrogen (secondary N) is 2. The summed E-state index contributed by atoms with van der Waals surface area (Å²) in [6.07, 6.45) is 9.20. The van der Waals surface area contributed by atoms with Crippen molar-refractivity contribution < 1.29 is 4.79 Å². The number of hydrogen-bond donors (Lipinski definition) is 2. The van der Waals surface area contributed by atoms with E-state index < -0.39 is 0 Å². The Balaban J connectivity index is 1.44. The SMILES string of the molecule is O=C(NC1CC2CCC(C1)N2)c1cccn1C1CC1. The fourth-order valence-corrected chi connectivity index (χ4v) is 3.69. The fraction of sp³-hybridized carbons (Fsp3) is 0.667. The van der Waals surface area contributed by atoms with Gasteiger partial charge in [-0.1, -0.05) is 0 Å². The van der Waals surface area contributed by atoms with Gasteiger partial charge in [0, 0.05) is 30.4 Å². The molecule has 3 aliphatic rings. The molecule has 0 spiro atoms. The highest BCUT2D eigenvalue weighted by atomic mass is 16.2. The minimum atomic E-state index is 0.114. The Kier molecular flexibility index (Phi) is 2.65. The van der Waals surface area contributed by atoms with Crippen molar-refractivity contribution >= 4 is 5.91 Å². The normalized spacial score (nSPS) is 33.4. The summed E-state index contributed by atoms with van der Waals surface area (Å²) >= 11 is 0. The zero-order valence-corrected chi connectivity index (χ0v) is 11.1. The Morgan fingerprint density at radius 2 is 1.95 bits per heavy atom. The summed E-state index contributed by atoms with van der Waals surface area (Å²) in [6.45, 7) is 0. The van der Waals surface area contributed by atoms with Gasteiger partial charge in [-0.2, -0.15) is 0 Å². The molecule has 1 amide bonds. The molecule has 0 radical (unpaired) electrons. The molecule has 102 valence electrons. The highest BCUT2D eigenvalue weighted by Crippen LogP contribution is 2.36. The summed E-state index contributed by atoms with van der Waals surface area (Å²) in [4.78, 5) is 12.4. The number of carbonyl (C=O) groups is 1. The van der Waals surface area contributed by atoms with Crippen LogP contribution in [0.5, 0.6) is 0 Å². The van der Waals surface area contributed by atoms with Gasteiger partial charge in [-0.25, -0.2) is 0 Å². The second-order valence-electron chi connectivity index (χ2n) is 6.31. The summed E-state index contributed by atoms with van der Waals surface area (Å²) in [5.74, 6) is 0.114. The zero-order valence-electron chi connectivity index (χ0n) is 11.1. The van der Waals surface area contributed by atoms with Crippen molar-refractivity contribution in [3.05, 3.63) is 24.0 Å². The van der Waals surface area contributed by atoms with E-state index >= 15 is 0 Å². The Morgan fingerprint density at radius 1 is 1.21 bits per heavy atom. The van der Waals surface area contributed by atoms with Gasteiger partial charge < -0.3 is 15.2 Å². The smallest absolute Gasteiger partial charge is 0.268 e. The van der Waals surface area contributed by atoms with Crippen LogP contribution in [0.25, 0.3) is 0 Å². The minimum Gasteiger partial charge on any atom is -0.348 e. The van der Waals surface area contributed by atoms with Crippen molar-refractivity contribution in [1.29, 1.82) is 0 Å². The number of fused-ring (bicyclic) bond motifs is 2. The molecule has 2 atom stereocenters. The van der Waals surface area contributed by atoms with Gasteiger partial charge in [0.15, 0.2) is 0 Å². The number of hydrogen-bond acceptors (Lipinski definition) is 2. The van der Waals surface area contributed by atoms with E-state index in [1.54, 1.807) is 0 Å². The van der Waals surface area contributed by atoms with Crippen LogP contribution in [-0.2, 0) is 0 Å². The first-order chi connectivity index (χ1) is 9.29. The van der Waals surface area contributed by atoms with Gasteiger partial charge in [0.2, 0.25) is 0 Å². The summed E-state index contributed by atoms with van der Waals surface area (Å²) in [5.41, 5.74) is 0.841. The van der Waals surface area contributed by atoms with Gasteiger partial charge >= 0.3 is 0 Å². The Morgan fingerprint density at radius 3 is 2.63 bits per heavy atom. The third-order valence-corrected chi connectivity index (χ3v) is 4.76. The van der Waals surface area contributed by atoms with Crippen LogP contribution < -0.4 is 10.6 Å². The quantitative estimate of drug-likeness (QED) is 0.870. The molecule has 2 N–H and O–H groups in total. The van der Waals surface area contributed by atoms with E-state index in [4.69, 9.17) is 0 Å². The lowest BCUT2D eigenvalue weighted by Crippen LogP contribution is -2.48. The summed E-state index contributed by atoms with van der Waals surface area (Å²) in [5, 5.41) is 6.86. The van der Waals surface area contributed by atoms with E-state index in [9.17, 15) is 4.79 Å². The topological polar surface area (TPSA) is 46.1 Å². The molecule has 1 saturated carbocycles. The van der Waals surface area contributed by atoms with E-state index in [1.165, 1.54) is 25.7 Å². The molecule has 2 bridgehead atoms. The van der Waals surface area contributed by atoms with Crippen LogP contribution in [0, 0.1) is 0 Å². The van der Waals surface area contributed by atoms with E-state index in [-0.39, 0.29) is 5.91 Å². The van der Waals surface area contributed by atoms with Crippen LogP contribution >= 0.6 is 0 Å². The predicted octanol–water partition coefficient (Wildman–Crippen LogP) is 1.84. The Labute approximate surface area is 113 Å². The van der Waals surface area contributed by atoms with Crippen molar-refractivity contribution in [1.82, 2.24) is 15.2 Å². The molecule has 3 fully saturated rings. The number of aromatic nitrogens is 1. The molecular formula is C15H21N3O. The van der Waals surface area contributed by atoms with Gasteiger partial charge in [0.1, 0.15) is 5.69 Å². The molecule has 1 aliphatic carbocycles. The van der Waals surface area contributed by atoms with Gasteiger partial charge in [-0.3, -0.25) is 4.79 Å². The maximum absolute atomic E-state index is 12.4. The lowest BCUT2D eigenvalue weighted by atomic mass is 10.00. The maximum atomic E-state index is 12.4. The summed E-state index contributed by atoms with van der Waals surface area (Å²) in [6, 6.07) is 6.11. The number of rotatable bonds is 3. The van der Waals surface area contributed by atoms with Crippen LogP contribution in [0.4, 0.5) is 0 Å². The van der Waals surface area contributed by atoms with Crippen molar-refractivity contribution in [2.45, 2.75) is 62.7 Å². The molecule has 3 heterocycles. The predicted molar refractivity (Wildman–Crippen MR) is 73.1 cm³/mol. The molecule has 4 heteroatoms. The first-order valence-corrected chi connectivity index (χ1v) is 7.53. The van der Waals surface area contributed by atoms with Gasteiger partial charge in [-0.05, 0) is 50.7 Å². The monoisotopic (exact) mass is 259 g/mol. The summed E-state index contributed by atoms with van der Waals surface area (Å²) < 4.78 is 2.14. The third-order valence-electron chi connectivity index (χ3n) is 4.76. The average molecular weight is 259 g/mol. The van der Waals surface area contributed by atoms with E-state index in [1.807, 2.05) is 18.3 Å². The van der Waals surface area contributed by atoms with Crippen molar-refractivity contribution in [3.63, 3.8) is 0 Å². The lowest BCUT2D eigenvalue weighted by molar-refractivity contribution is 0.0914. The van der Waals surface area contributed by atoms with Crippen LogP contribution in [0.2, 0.25) is 0 Å². The van der Waals surface area contributed by atoms with Crippen LogP contribution in [0.15, 0.2) is 18.3 Å². The molecule has 2 unspecified atom stereocenters. The van der Waals surface area contributed by atoms with Gasteiger partial charge in [0.05, 0.1) is 0 Å². The van der Waals surface area contributed by atoms with E-state index in [2.05, 4.69) is 15.2 Å². The molecule has 19 heavy (non-hydrogen) atoms. The zero-order chi connectivity index (χ0) is 12.8. The molecule has 4 rings (SSSR count). The number of carbonyl (C=O) groups excluding carboxylic acids is 1.